The number of hydrogen-bond donors (Lipinski definition) is 2. The Morgan fingerprint density at radius 3 is 2.64 bits per heavy atom. The minimum absolute atomic E-state index is 0.0702. The fraction of sp³-hybridized carbons (Fsp3) is 0.556. The van der Waals surface area contributed by atoms with Crippen LogP contribution in [0.15, 0.2) is 24.3 Å². The maximum absolute atomic E-state index is 9.20. The maximum Gasteiger partial charge on any atom is 0.0639 e. The summed E-state index contributed by atoms with van der Waals surface area (Å²) in [5.41, 5.74) is 0.896. The van der Waals surface area contributed by atoms with E-state index in [9.17, 15) is 5.11 Å². The average Bonchev–Trinajstić information content (AvgIpc) is 2.01. The Balaban J connectivity index is 3.58. The molecule has 0 aliphatic heterocycles. The highest BCUT2D eigenvalue weighted by Crippen LogP contribution is 2.02. The second-order valence-electron chi connectivity index (χ2n) is 2.62. The lowest BCUT2D eigenvalue weighted by atomic mass is 10.1. The quantitative estimate of drug-likeness (QED) is 0.588. The lowest BCUT2D eigenvalue weighted by Crippen LogP contribution is -2.02. The van der Waals surface area contributed by atoms with E-state index in [4.69, 9.17) is 5.11 Å². The van der Waals surface area contributed by atoms with E-state index in [1.807, 2.05) is 13.0 Å². The molecule has 2 heteroatoms. The van der Waals surface area contributed by atoms with E-state index in [0.29, 0.717) is 12.8 Å². The van der Waals surface area contributed by atoms with Gasteiger partial charge in [-0.3, -0.25) is 0 Å². The van der Waals surface area contributed by atoms with Crippen LogP contribution in [0.25, 0.3) is 0 Å². The molecule has 1 unspecified atom stereocenters. The van der Waals surface area contributed by atoms with Gasteiger partial charge in [0.05, 0.1) is 12.7 Å². The molecule has 0 heterocycles. The second-order valence-corrected chi connectivity index (χ2v) is 2.62. The van der Waals surface area contributed by atoms with Crippen molar-refractivity contribution in [3.63, 3.8) is 0 Å². The van der Waals surface area contributed by atoms with Gasteiger partial charge in [-0.05, 0) is 19.8 Å². The molecule has 0 amide bonds. The zero-order chi connectivity index (χ0) is 8.69. The Bertz CT molecular complexity index is 138. The Kier molecular flexibility index (Phi) is 5.80. The van der Waals surface area contributed by atoms with Gasteiger partial charge in [0, 0.05) is 0 Å². The van der Waals surface area contributed by atoms with Crippen LogP contribution in [0.5, 0.6) is 0 Å². The Morgan fingerprint density at radius 1 is 1.55 bits per heavy atom. The topological polar surface area (TPSA) is 40.5 Å². The van der Waals surface area contributed by atoms with Crippen LogP contribution in [0.3, 0.4) is 0 Å². The van der Waals surface area contributed by atoms with Gasteiger partial charge in [-0.2, -0.15) is 0 Å². The third kappa shape index (κ3) is 5.83. The third-order valence-electron chi connectivity index (χ3n) is 1.43. The summed E-state index contributed by atoms with van der Waals surface area (Å²) in [7, 11) is 0. The normalized spacial score (nSPS) is 14.6. The van der Waals surface area contributed by atoms with Crippen molar-refractivity contribution in [1.82, 2.24) is 0 Å². The van der Waals surface area contributed by atoms with Gasteiger partial charge in [-0.15, -0.1) is 6.58 Å². The van der Waals surface area contributed by atoms with Gasteiger partial charge in [0.15, 0.2) is 0 Å². The van der Waals surface area contributed by atoms with Crippen molar-refractivity contribution in [3.05, 3.63) is 24.3 Å². The molecule has 2 N–H and O–H groups in total. The van der Waals surface area contributed by atoms with Crippen molar-refractivity contribution in [2.75, 3.05) is 6.61 Å². The molecule has 2 nitrogen and oxygen atoms in total. The molecule has 0 aliphatic carbocycles. The first kappa shape index (κ1) is 10.4. The van der Waals surface area contributed by atoms with Gasteiger partial charge < -0.3 is 10.2 Å². The van der Waals surface area contributed by atoms with E-state index in [1.54, 1.807) is 6.08 Å². The number of rotatable bonds is 5. The lowest BCUT2D eigenvalue weighted by molar-refractivity contribution is 0.181. The number of aliphatic hydroxyl groups excluding tert-OH is 2. The van der Waals surface area contributed by atoms with Gasteiger partial charge in [0.25, 0.3) is 0 Å². The van der Waals surface area contributed by atoms with E-state index in [2.05, 4.69) is 6.58 Å². The monoisotopic (exact) mass is 156 g/mol. The molecule has 0 spiro atoms. The summed E-state index contributed by atoms with van der Waals surface area (Å²) in [5.74, 6) is 0. The molecule has 0 radical (unpaired) electrons. The fourth-order valence-corrected chi connectivity index (χ4v) is 0.690. The second kappa shape index (κ2) is 6.13. The summed E-state index contributed by atoms with van der Waals surface area (Å²) >= 11 is 0. The van der Waals surface area contributed by atoms with Gasteiger partial charge in [0.2, 0.25) is 0 Å². The highest BCUT2D eigenvalue weighted by molar-refractivity contribution is 4.98. The standard InChI is InChI=1S/C9H16O2/c1-3-4-9(11)6-5-8(2)7-10/h3,5,9-11H,1,4,6-7H2,2H3/b8-5+. The van der Waals surface area contributed by atoms with Crippen molar-refractivity contribution >= 4 is 0 Å². The molecule has 0 aromatic rings. The maximum atomic E-state index is 9.20. The van der Waals surface area contributed by atoms with Gasteiger partial charge in [-0.1, -0.05) is 17.7 Å². The summed E-state index contributed by atoms with van der Waals surface area (Å²) in [4.78, 5) is 0. The molecular formula is C9H16O2. The van der Waals surface area contributed by atoms with E-state index in [-0.39, 0.29) is 12.7 Å². The predicted molar refractivity (Wildman–Crippen MR) is 46.3 cm³/mol. The summed E-state index contributed by atoms with van der Waals surface area (Å²) < 4.78 is 0. The zero-order valence-electron chi connectivity index (χ0n) is 6.95. The van der Waals surface area contributed by atoms with E-state index in [1.165, 1.54) is 0 Å². The Labute approximate surface area is 67.9 Å². The minimum Gasteiger partial charge on any atom is -0.392 e. The molecule has 0 saturated carbocycles. The van der Waals surface area contributed by atoms with E-state index >= 15 is 0 Å². The highest BCUT2D eigenvalue weighted by Gasteiger charge is 1.97. The molecule has 0 saturated heterocycles. The van der Waals surface area contributed by atoms with Crippen molar-refractivity contribution in [2.45, 2.75) is 25.9 Å². The van der Waals surface area contributed by atoms with Gasteiger partial charge >= 0.3 is 0 Å². The Hall–Kier alpha value is -0.600. The zero-order valence-corrected chi connectivity index (χ0v) is 6.95. The summed E-state index contributed by atoms with van der Waals surface area (Å²) in [5, 5.41) is 17.8. The predicted octanol–water partition coefficient (Wildman–Crippen LogP) is 1.25. The third-order valence-corrected chi connectivity index (χ3v) is 1.43. The first-order chi connectivity index (χ1) is 5.20. The van der Waals surface area contributed by atoms with Gasteiger partial charge in [-0.25, -0.2) is 0 Å². The molecule has 0 fully saturated rings. The lowest BCUT2D eigenvalue weighted by Gasteiger charge is -2.03. The number of hydrogen-bond acceptors (Lipinski definition) is 2. The SMILES string of the molecule is C=CCC(O)C/C=C(\C)CO. The average molecular weight is 156 g/mol. The first-order valence-electron chi connectivity index (χ1n) is 3.76. The van der Waals surface area contributed by atoms with Crippen LogP contribution < -0.4 is 0 Å². The van der Waals surface area contributed by atoms with Gasteiger partial charge in [0.1, 0.15) is 0 Å². The smallest absolute Gasteiger partial charge is 0.0639 e. The molecule has 1 atom stereocenters. The summed E-state index contributed by atoms with van der Waals surface area (Å²) in [6.07, 6.45) is 4.38. The van der Waals surface area contributed by atoms with Crippen LogP contribution in [0, 0.1) is 0 Å². The number of aliphatic hydroxyl groups is 2. The molecular weight excluding hydrogens is 140 g/mol. The molecule has 64 valence electrons. The summed E-state index contributed by atoms with van der Waals surface area (Å²) in [6, 6.07) is 0. The molecule has 0 rings (SSSR count). The molecule has 0 aromatic carbocycles. The molecule has 0 aliphatic rings. The van der Waals surface area contributed by atoms with Crippen molar-refractivity contribution < 1.29 is 10.2 Å². The van der Waals surface area contributed by atoms with Crippen LogP contribution in [0.4, 0.5) is 0 Å². The Morgan fingerprint density at radius 2 is 2.18 bits per heavy atom. The first-order valence-corrected chi connectivity index (χ1v) is 3.76. The fourth-order valence-electron chi connectivity index (χ4n) is 0.690. The molecule has 0 aromatic heterocycles. The van der Waals surface area contributed by atoms with Crippen LogP contribution in [0.1, 0.15) is 19.8 Å². The minimum atomic E-state index is -0.353. The van der Waals surface area contributed by atoms with Crippen LogP contribution in [-0.2, 0) is 0 Å². The summed E-state index contributed by atoms with van der Waals surface area (Å²) in [6.45, 7) is 5.42. The molecule has 11 heavy (non-hydrogen) atoms. The van der Waals surface area contributed by atoms with Crippen LogP contribution >= 0.6 is 0 Å². The largest absolute Gasteiger partial charge is 0.392 e. The van der Waals surface area contributed by atoms with Crippen molar-refractivity contribution in [3.8, 4) is 0 Å². The van der Waals surface area contributed by atoms with Crippen LogP contribution in [-0.4, -0.2) is 22.9 Å². The molecule has 0 bridgehead atoms. The van der Waals surface area contributed by atoms with Crippen LogP contribution in [0.2, 0.25) is 0 Å². The van der Waals surface area contributed by atoms with Crippen molar-refractivity contribution in [2.24, 2.45) is 0 Å². The van der Waals surface area contributed by atoms with E-state index in [0.717, 1.165) is 5.57 Å². The van der Waals surface area contributed by atoms with E-state index < -0.39 is 0 Å². The highest BCUT2D eigenvalue weighted by atomic mass is 16.3. The van der Waals surface area contributed by atoms with Crippen molar-refractivity contribution in [1.29, 1.82) is 0 Å².